The molecule has 1 N–H and O–H groups in total. The summed E-state index contributed by atoms with van der Waals surface area (Å²) in [7, 11) is 0. The van der Waals surface area contributed by atoms with Gasteiger partial charge in [0.1, 0.15) is 5.51 Å². The molecule has 2 aromatic heterocycles. The van der Waals surface area contributed by atoms with Gasteiger partial charge in [0, 0.05) is 0 Å². The Morgan fingerprint density at radius 2 is 2.00 bits per heavy atom. The van der Waals surface area contributed by atoms with Crippen molar-refractivity contribution in [2.24, 2.45) is 0 Å². The maximum absolute atomic E-state index is 13.0. The average molecular weight is 438 g/mol. The fourth-order valence-electron chi connectivity index (χ4n) is 2.85. The third-order valence-corrected chi connectivity index (χ3v) is 6.31. The molecule has 4 rings (SSSR count). The molecule has 3 aromatic rings. The first-order chi connectivity index (χ1) is 13.0. The van der Waals surface area contributed by atoms with E-state index in [1.807, 2.05) is 0 Å². The van der Waals surface area contributed by atoms with Gasteiger partial charge in [0.25, 0.3) is 5.91 Å². The number of carbonyl (C=O) groups excluding carboxylic acids is 2. The Hall–Kier alpha value is -2.26. The minimum Gasteiger partial charge on any atom is -0.503 e. The second kappa shape index (κ2) is 7.05. The van der Waals surface area contributed by atoms with E-state index in [1.165, 1.54) is 21.7 Å². The Morgan fingerprint density at radius 1 is 1.19 bits per heavy atom. The smallest absolute Gasteiger partial charge is 0.296 e. The molecular weight excluding hydrogens is 429 g/mol. The maximum Gasteiger partial charge on any atom is 0.296 e. The number of aromatic nitrogens is 2. The van der Waals surface area contributed by atoms with E-state index in [2.05, 4.69) is 10.2 Å². The van der Waals surface area contributed by atoms with E-state index >= 15 is 0 Å². The summed E-state index contributed by atoms with van der Waals surface area (Å²) in [5.74, 6) is -1.76. The monoisotopic (exact) mass is 437 g/mol. The highest BCUT2D eigenvalue weighted by Crippen LogP contribution is 2.43. The van der Waals surface area contributed by atoms with E-state index in [1.54, 1.807) is 35.7 Å². The first-order valence-corrected chi connectivity index (χ1v) is 10.1. The molecule has 1 amide bonds. The minimum absolute atomic E-state index is 0.0314. The van der Waals surface area contributed by atoms with E-state index in [0.29, 0.717) is 15.5 Å². The fraction of sp³-hybridized carbons (Fsp3) is 0.0588. The van der Waals surface area contributed by atoms with E-state index < -0.39 is 23.5 Å². The summed E-state index contributed by atoms with van der Waals surface area (Å²) in [6.45, 7) is 0. The molecule has 1 aliphatic rings. The van der Waals surface area contributed by atoms with Gasteiger partial charge < -0.3 is 5.11 Å². The number of benzene rings is 1. The molecule has 1 atom stereocenters. The normalized spacial score (nSPS) is 17.0. The van der Waals surface area contributed by atoms with Crippen LogP contribution >= 0.6 is 45.9 Å². The molecule has 0 saturated carbocycles. The van der Waals surface area contributed by atoms with Gasteiger partial charge in [-0.1, -0.05) is 46.7 Å². The lowest BCUT2D eigenvalue weighted by Crippen LogP contribution is -2.31. The lowest BCUT2D eigenvalue weighted by Gasteiger charge is -2.24. The molecule has 27 heavy (non-hydrogen) atoms. The molecule has 1 unspecified atom stereocenters. The number of ketones is 1. The summed E-state index contributed by atoms with van der Waals surface area (Å²) < 4.78 is 0. The van der Waals surface area contributed by atoms with Gasteiger partial charge in [-0.2, -0.15) is 0 Å². The summed E-state index contributed by atoms with van der Waals surface area (Å²) in [5, 5.41) is 20.8. The number of halogens is 2. The van der Waals surface area contributed by atoms with E-state index in [-0.39, 0.29) is 15.7 Å². The first kappa shape index (κ1) is 18.1. The third kappa shape index (κ3) is 3.04. The van der Waals surface area contributed by atoms with Crippen molar-refractivity contribution in [3.8, 4) is 0 Å². The second-order valence-electron chi connectivity index (χ2n) is 5.54. The van der Waals surface area contributed by atoms with Crippen molar-refractivity contribution in [1.29, 1.82) is 0 Å². The zero-order valence-electron chi connectivity index (χ0n) is 13.3. The number of aliphatic hydroxyl groups is 1. The van der Waals surface area contributed by atoms with E-state index in [0.717, 1.165) is 11.3 Å². The quantitative estimate of drug-likeness (QED) is 0.598. The molecular formula is C17H9Cl2N3O3S2. The molecule has 0 bridgehead atoms. The second-order valence-corrected chi connectivity index (χ2v) is 8.12. The zero-order valence-corrected chi connectivity index (χ0v) is 16.4. The van der Waals surface area contributed by atoms with Gasteiger partial charge in [-0.05, 0) is 29.1 Å². The number of anilines is 1. The molecule has 136 valence electrons. The van der Waals surface area contributed by atoms with Gasteiger partial charge in [-0.25, -0.2) is 0 Å². The summed E-state index contributed by atoms with van der Waals surface area (Å²) in [6, 6.07) is 7.26. The van der Waals surface area contributed by atoms with Crippen molar-refractivity contribution < 1.29 is 14.7 Å². The lowest BCUT2D eigenvalue weighted by atomic mass is 9.95. The molecule has 1 aromatic carbocycles. The topological polar surface area (TPSA) is 83.4 Å². The van der Waals surface area contributed by atoms with Crippen LogP contribution in [0.2, 0.25) is 10.0 Å². The van der Waals surface area contributed by atoms with Gasteiger partial charge in [-0.15, -0.1) is 21.5 Å². The molecule has 6 nitrogen and oxygen atoms in total. The van der Waals surface area contributed by atoms with E-state index in [9.17, 15) is 14.7 Å². The number of rotatable bonds is 4. The summed E-state index contributed by atoms with van der Waals surface area (Å²) in [5.41, 5.74) is 1.96. The number of thiophene rings is 1. The van der Waals surface area contributed by atoms with Crippen molar-refractivity contribution in [2.45, 2.75) is 6.04 Å². The Morgan fingerprint density at radius 3 is 2.63 bits per heavy atom. The molecule has 10 heteroatoms. The standard InChI is InChI=1S/C17H9Cl2N3O3S2/c18-9-4-3-8(6-10(9)19)13-12(14(23)11-2-1-5-26-11)15(24)16(25)22(13)17-21-20-7-27-17/h1-7,13,24H. The van der Waals surface area contributed by atoms with Crippen LogP contribution in [0.15, 0.2) is 52.6 Å². The molecule has 3 heterocycles. The number of hydrogen-bond acceptors (Lipinski definition) is 7. The van der Waals surface area contributed by atoms with Gasteiger partial charge >= 0.3 is 0 Å². The minimum atomic E-state index is -0.894. The molecule has 0 fully saturated rings. The maximum atomic E-state index is 13.0. The highest BCUT2D eigenvalue weighted by atomic mass is 35.5. The summed E-state index contributed by atoms with van der Waals surface area (Å²) in [4.78, 5) is 27.5. The predicted molar refractivity (Wildman–Crippen MR) is 105 cm³/mol. The third-order valence-electron chi connectivity index (χ3n) is 4.01. The van der Waals surface area contributed by atoms with Crippen molar-refractivity contribution in [3.05, 3.63) is 73.0 Å². The first-order valence-electron chi connectivity index (χ1n) is 7.55. The summed E-state index contributed by atoms with van der Waals surface area (Å²) in [6.07, 6.45) is 0. The predicted octanol–water partition coefficient (Wildman–Crippen LogP) is 4.69. The highest BCUT2D eigenvalue weighted by Gasteiger charge is 2.46. The Labute approximate surface area is 171 Å². The molecule has 0 spiro atoms. The van der Waals surface area contributed by atoms with Crippen LogP contribution in [0, 0.1) is 0 Å². The van der Waals surface area contributed by atoms with Gasteiger partial charge in [-0.3, -0.25) is 14.5 Å². The van der Waals surface area contributed by atoms with Crippen LogP contribution in [0.1, 0.15) is 21.3 Å². The van der Waals surface area contributed by atoms with Crippen molar-refractivity contribution in [3.63, 3.8) is 0 Å². The van der Waals surface area contributed by atoms with Crippen LogP contribution < -0.4 is 4.90 Å². The van der Waals surface area contributed by atoms with Crippen molar-refractivity contribution in [2.75, 3.05) is 4.90 Å². The SMILES string of the molecule is O=C(C1=C(O)C(=O)N(c2nncs2)C1c1ccc(Cl)c(Cl)c1)c1cccs1. The molecule has 0 aliphatic carbocycles. The number of carbonyl (C=O) groups is 2. The van der Waals surface area contributed by atoms with Crippen molar-refractivity contribution >= 4 is 62.7 Å². The number of amides is 1. The van der Waals surface area contributed by atoms with Crippen LogP contribution in [-0.4, -0.2) is 27.0 Å². The Bertz CT molecular complexity index is 1070. The summed E-state index contributed by atoms with van der Waals surface area (Å²) >= 11 is 14.5. The largest absolute Gasteiger partial charge is 0.503 e. The number of nitrogens with zero attached hydrogens (tertiary/aromatic N) is 3. The van der Waals surface area contributed by atoms with Crippen LogP contribution in [0.25, 0.3) is 0 Å². The van der Waals surface area contributed by atoms with Crippen LogP contribution in [0.3, 0.4) is 0 Å². The molecule has 0 saturated heterocycles. The average Bonchev–Trinajstić information content (AvgIpc) is 3.39. The number of Topliss-reactive ketones (excluding diaryl/α,β-unsaturated/α-hetero) is 1. The van der Waals surface area contributed by atoms with Gasteiger partial charge in [0.15, 0.2) is 5.76 Å². The van der Waals surface area contributed by atoms with Gasteiger partial charge in [0.05, 0.1) is 26.5 Å². The Balaban J connectivity index is 1.90. The van der Waals surface area contributed by atoms with Gasteiger partial charge in [0.2, 0.25) is 10.9 Å². The molecule has 1 aliphatic heterocycles. The van der Waals surface area contributed by atoms with Crippen molar-refractivity contribution in [1.82, 2.24) is 10.2 Å². The van der Waals surface area contributed by atoms with E-state index in [4.69, 9.17) is 23.2 Å². The number of hydrogen-bond donors (Lipinski definition) is 1. The highest BCUT2D eigenvalue weighted by molar-refractivity contribution is 7.13. The molecule has 0 radical (unpaired) electrons. The number of aliphatic hydroxyl groups excluding tert-OH is 1. The Kier molecular flexibility index (Phi) is 4.73. The fourth-order valence-corrected chi connectivity index (χ4v) is 4.41. The zero-order chi connectivity index (χ0) is 19.1. The lowest BCUT2D eigenvalue weighted by molar-refractivity contribution is -0.117. The van der Waals surface area contributed by atoms with Crippen LogP contribution in [0.5, 0.6) is 0 Å². The van der Waals surface area contributed by atoms with Crippen LogP contribution in [-0.2, 0) is 4.79 Å². The van der Waals surface area contributed by atoms with Crippen LogP contribution in [0.4, 0.5) is 5.13 Å².